The van der Waals surface area contributed by atoms with Crippen LogP contribution in [0.2, 0.25) is 0 Å². The minimum Gasteiger partial charge on any atom is -0.388 e. The average molecular weight is 277 g/mol. The van der Waals surface area contributed by atoms with Gasteiger partial charge in [-0.3, -0.25) is 0 Å². The molecule has 2 rings (SSSR count). The van der Waals surface area contributed by atoms with E-state index >= 15 is 0 Å². The average Bonchev–Trinajstić information content (AvgIpc) is 2.41. The van der Waals surface area contributed by atoms with Crippen molar-refractivity contribution in [1.29, 1.82) is 0 Å². The molecule has 1 aliphatic carbocycles. The van der Waals surface area contributed by atoms with Crippen LogP contribution in [0.25, 0.3) is 0 Å². The van der Waals surface area contributed by atoms with Crippen LogP contribution in [-0.2, 0) is 6.54 Å². The Bertz CT molecular complexity index is 470. The number of hydrogen-bond acceptors (Lipinski definition) is 3. The molecular formula is C15H23N3O2. The Morgan fingerprint density at radius 1 is 1.35 bits per heavy atom. The van der Waals surface area contributed by atoms with Crippen molar-refractivity contribution in [3.8, 4) is 0 Å². The summed E-state index contributed by atoms with van der Waals surface area (Å²) >= 11 is 0. The van der Waals surface area contributed by atoms with Crippen molar-refractivity contribution >= 4 is 11.7 Å². The summed E-state index contributed by atoms with van der Waals surface area (Å²) in [4.78, 5) is 13.7. The number of carbonyl (C=O) groups is 1. The third-order valence-electron chi connectivity index (χ3n) is 3.74. The Kier molecular flexibility index (Phi) is 4.49. The number of nitrogens with one attached hydrogen (secondary N) is 2. The molecule has 110 valence electrons. The van der Waals surface area contributed by atoms with Crippen molar-refractivity contribution in [2.24, 2.45) is 0 Å². The second kappa shape index (κ2) is 6.13. The highest BCUT2D eigenvalue weighted by molar-refractivity contribution is 5.74. The van der Waals surface area contributed by atoms with Crippen LogP contribution in [0.5, 0.6) is 0 Å². The normalized spacial score (nSPS) is 16.1. The van der Waals surface area contributed by atoms with Gasteiger partial charge in [0.2, 0.25) is 0 Å². The smallest absolute Gasteiger partial charge is 0.315 e. The van der Waals surface area contributed by atoms with Gasteiger partial charge in [-0.1, -0.05) is 12.1 Å². The van der Waals surface area contributed by atoms with Crippen LogP contribution >= 0.6 is 0 Å². The van der Waals surface area contributed by atoms with Gasteiger partial charge < -0.3 is 20.6 Å². The molecule has 0 aromatic heterocycles. The van der Waals surface area contributed by atoms with E-state index in [2.05, 4.69) is 10.6 Å². The zero-order valence-corrected chi connectivity index (χ0v) is 12.1. The predicted molar refractivity (Wildman–Crippen MR) is 79.8 cm³/mol. The summed E-state index contributed by atoms with van der Waals surface area (Å²) in [6, 6.07) is 7.78. The van der Waals surface area contributed by atoms with Crippen LogP contribution in [0.4, 0.5) is 10.5 Å². The van der Waals surface area contributed by atoms with Gasteiger partial charge in [-0.2, -0.15) is 0 Å². The van der Waals surface area contributed by atoms with Gasteiger partial charge in [0.15, 0.2) is 0 Å². The van der Waals surface area contributed by atoms with Crippen molar-refractivity contribution < 1.29 is 9.90 Å². The third kappa shape index (κ3) is 3.87. The Balaban J connectivity index is 1.76. The first-order valence-electron chi connectivity index (χ1n) is 6.99. The molecule has 2 amide bonds. The van der Waals surface area contributed by atoms with Crippen molar-refractivity contribution in [1.82, 2.24) is 10.6 Å². The third-order valence-corrected chi connectivity index (χ3v) is 3.74. The molecule has 0 saturated heterocycles. The van der Waals surface area contributed by atoms with E-state index in [0.29, 0.717) is 13.1 Å². The number of urea groups is 1. The van der Waals surface area contributed by atoms with Gasteiger partial charge in [-0.15, -0.1) is 0 Å². The Hall–Kier alpha value is -1.75. The van der Waals surface area contributed by atoms with E-state index in [0.717, 1.165) is 30.5 Å². The summed E-state index contributed by atoms with van der Waals surface area (Å²) in [6.07, 6.45) is 2.59. The van der Waals surface area contributed by atoms with Crippen molar-refractivity contribution in [3.05, 3.63) is 29.8 Å². The van der Waals surface area contributed by atoms with Gasteiger partial charge in [0.25, 0.3) is 0 Å². The van der Waals surface area contributed by atoms with Crippen LogP contribution in [0.15, 0.2) is 24.3 Å². The molecule has 0 atom stereocenters. The molecule has 1 fully saturated rings. The monoisotopic (exact) mass is 277 g/mol. The van der Waals surface area contributed by atoms with Crippen LogP contribution in [0.3, 0.4) is 0 Å². The molecule has 1 saturated carbocycles. The first-order chi connectivity index (χ1) is 9.48. The second-order valence-electron chi connectivity index (χ2n) is 5.68. The van der Waals surface area contributed by atoms with E-state index in [-0.39, 0.29) is 6.03 Å². The van der Waals surface area contributed by atoms with E-state index < -0.39 is 5.60 Å². The SMILES string of the molecule is CN(C)c1cccc(CNC(=O)NCC2(O)CCC2)c1. The van der Waals surface area contributed by atoms with Gasteiger partial charge in [0, 0.05) is 32.9 Å². The molecule has 1 aliphatic rings. The number of carbonyl (C=O) groups excluding carboxylic acids is 1. The number of nitrogens with zero attached hydrogens (tertiary/aromatic N) is 1. The lowest BCUT2D eigenvalue weighted by molar-refractivity contribution is -0.0290. The first-order valence-corrected chi connectivity index (χ1v) is 6.99. The molecule has 0 heterocycles. The number of amides is 2. The maximum absolute atomic E-state index is 11.7. The van der Waals surface area contributed by atoms with Gasteiger partial charge in [-0.25, -0.2) is 4.79 Å². The summed E-state index contributed by atoms with van der Waals surface area (Å²) in [5, 5.41) is 15.4. The van der Waals surface area contributed by atoms with E-state index in [1.165, 1.54) is 0 Å². The molecule has 1 aromatic carbocycles. The summed E-state index contributed by atoms with van der Waals surface area (Å²) in [6.45, 7) is 0.808. The maximum Gasteiger partial charge on any atom is 0.315 e. The number of benzene rings is 1. The van der Waals surface area contributed by atoms with E-state index in [1.807, 2.05) is 43.3 Å². The zero-order chi connectivity index (χ0) is 14.6. The van der Waals surface area contributed by atoms with E-state index in [4.69, 9.17) is 0 Å². The fraction of sp³-hybridized carbons (Fsp3) is 0.533. The molecule has 20 heavy (non-hydrogen) atoms. The quantitative estimate of drug-likeness (QED) is 0.763. The van der Waals surface area contributed by atoms with Gasteiger partial charge >= 0.3 is 6.03 Å². The molecule has 0 unspecified atom stereocenters. The number of rotatable bonds is 5. The molecular weight excluding hydrogens is 254 g/mol. The molecule has 5 heteroatoms. The van der Waals surface area contributed by atoms with Crippen LogP contribution in [-0.4, -0.2) is 37.4 Å². The minimum atomic E-state index is -0.678. The predicted octanol–water partition coefficient (Wildman–Crippen LogP) is 1.47. The highest BCUT2D eigenvalue weighted by Crippen LogP contribution is 2.30. The van der Waals surface area contributed by atoms with Gasteiger partial charge in [0.05, 0.1) is 5.60 Å². The Morgan fingerprint density at radius 2 is 2.10 bits per heavy atom. The lowest BCUT2D eigenvalue weighted by Gasteiger charge is -2.36. The van der Waals surface area contributed by atoms with Gasteiger partial charge in [-0.05, 0) is 37.0 Å². The fourth-order valence-corrected chi connectivity index (χ4v) is 2.20. The number of hydrogen-bond donors (Lipinski definition) is 3. The highest BCUT2D eigenvalue weighted by Gasteiger charge is 2.34. The Morgan fingerprint density at radius 3 is 2.70 bits per heavy atom. The number of aliphatic hydroxyl groups is 1. The van der Waals surface area contributed by atoms with Crippen LogP contribution < -0.4 is 15.5 Å². The molecule has 5 nitrogen and oxygen atoms in total. The van der Waals surface area contributed by atoms with Crippen molar-refractivity contribution in [3.63, 3.8) is 0 Å². The lowest BCUT2D eigenvalue weighted by Crippen LogP contribution is -2.49. The summed E-state index contributed by atoms with van der Waals surface area (Å²) in [7, 11) is 3.97. The summed E-state index contributed by atoms with van der Waals surface area (Å²) in [5.74, 6) is 0. The highest BCUT2D eigenvalue weighted by atomic mass is 16.3. The zero-order valence-electron chi connectivity index (χ0n) is 12.1. The van der Waals surface area contributed by atoms with E-state index in [1.54, 1.807) is 0 Å². The van der Waals surface area contributed by atoms with Crippen LogP contribution in [0.1, 0.15) is 24.8 Å². The summed E-state index contributed by atoms with van der Waals surface area (Å²) < 4.78 is 0. The largest absolute Gasteiger partial charge is 0.388 e. The number of anilines is 1. The fourth-order valence-electron chi connectivity index (χ4n) is 2.20. The Labute approximate surface area is 120 Å². The maximum atomic E-state index is 11.7. The van der Waals surface area contributed by atoms with E-state index in [9.17, 15) is 9.90 Å². The second-order valence-corrected chi connectivity index (χ2v) is 5.68. The first kappa shape index (κ1) is 14.7. The topological polar surface area (TPSA) is 64.6 Å². The minimum absolute atomic E-state index is 0.236. The molecule has 1 aromatic rings. The molecule has 0 spiro atoms. The van der Waals surface area contributed by atoms with Gasteiger partial charge in [0.1, 0.15) is 0 Å². The van der Waals surface area contributed by atoms with Crippen molar-refractivity contribution in [2.75, 3.05) is 25.5 Å². The standard InChI is InChI=1S/C15H23N3O2/c1-18(2)13-6-3-5-12(9-13)10-16-14(19)17-11-15(20)7-4-8-15/h3,5-6,9,20H,4,7-8,10-11H2,1-2H3,(H2,16,17,19). The van der Waals surface area contributed by atoms with Crippen LogP contribution in [0, 0.1) is 0 Å². The summed E-state index contributed by atoms with van der Waals surface area (Å²) in [5.41, 5.74) is 1.48. The van der Waals surface area contributed by atoms with Crippen molar-refractivity contribution in [2.45, 2.75) is 31.4 Å². The molecule has 0 bridgehead atoms. The lowest BCUT2D eigenvalue weighted by atomic mass is 9.80. The molecule has 3 N–H and O–H groups in total. The molecule has 0 aliphatic heterocycles. The molecule has 0 radical (unpaired) electrons.